The van der Waals surface area contributed by atoms with E-state index in [0.717, 1.165) is 0 Å². The Bertz CT molecular complexity index is 393. The first-order valence-corrected chi connectivity index (χ1v) is 5.03. The van der Waals surface area contributed by atoms with Crippen LogP contribution in [0.25, 0.3) is 0 Å². The molecule has 1 aromatic carbocycles. The Hall–Kier alpha value is -1.62. The second kappa shape index (κ2) is 4.94. The minimum absolute atomic E-state index is 0.00906. The number of nitrogens with two attached hydrogens (primary N) is 2. The van der Waals surface area contributed by atoms with Crippen molar-refractivity contribution in [2.45, 2.75) is 19.9 Å². The lowest BCUT2D eigenvalue weighted by Crippen LogP contribution is -2.39. The Morgan fingerprint density at radius 1 is 1.44 bits per heavy atom. The molecule has 0 fully saturated rings. The number of halogens is 1. The van der Waals surface area contributed by atoms with Crippen molar-refractivity contribution in [3.05, 3.63) is 24.0 Å². The summed E-state index contributed by atoms with van der Waals surface area (Å²) in [6, 6.07) is 3.15. The number of anilines is 2. The molecule has 1 aromatic rings. The minimum atomic E-state index is -0.636. The summed E-state index contributed by atoms with van der Waals surface area (Å²) in [5.74, 6) is -0.815. The van der Waals surface area contributed by atoms with E-state index in [0.29, 0.717) is 5.69 Å². The minimum Gasteiger partial charge on any atom is -0.397 e. The van der Waals surface area contributed by atoms with Crippen LogP contribution in [-0.2, 0) is 4.79 Å². The molecule has 0 heterocycles. The molecule has 0 aliphatic rings. The van der Waals surface area contributed by atoms with Gasteiger partial charge in [0, 0.05) is 0 Å². The van der Waals surface area contributed by atoms with Crippen LogP contribution >= 0.6 is 0 Å². The van der Waals surface area contributed by atoms with Crippen molar-refractivity contribution >= 4 is 17.3 Å². The van der Waals surface area contributed by atoms with Crippen molar-refractivity contribution in [3.63, 3.8) is 0 Å². The SMILES string of the molecule is CC(C)C(N)C(=O)Nc1cc(F)ccc1N. The van der Waals surface area contributed by atoms with Gasteiger partial charge in [0.05, 0.1) is 17.4 Å². The number of carbonyl (C=O) groups is 1. The zero-order valence-corrected chi connectivity index (χ0v) is 9.33. The van der Waals surface area contributed by atoms with Crippen LogP contribution in [0.2, 0.25) is 0 Å². The van der Waals surface area contributed by atoms with E-state index in [1.165, 1.54) is 18.2 Å². The van der Waals surface area contributed by atoms with Crippen molar-refractivity contribution in [2.75, 3.05) is 11.1 Å². The highest BCUT2D eigenvalue weighted by atomic mass is 19.1. The highest BCUT2D eigenvalue weighted by molar-refractivity contribution is 5.97. The van der Waals surface area contributed by atoms with Gasteiger partial charge in [0.2, 0.25) is 5.91 Å². The zero-order chi connectivity index (χ0) is 12.3. The van der Waals surface area contributed by atoms with Gasteiger partial charge < -0.3 is 16.8 Å². The first-order chi connectivity index (χ1) is 7.41. The fourth-order valence-electron chi connectivity index (χ4n) is 1.16. The summed E-state index contributed by atoms with van der Waals surface area (Å²) >= 11 is 0. The van der Waals surface area contributed by atoms with Gasteiger partial charge in [0.1, 0.15) is 5.82 Å². The Labute approximate surface area is 93.8 Å². The molecule has 1 rings (SSSR count). The molecule has 4 nitrogen and oxygen atoms in total. The van der Waals surface area contributed by atoms with E-state index in [4.69, 9.17) is 11.5 Å². The lowest BCUT2D eigenvalue weighted by Gasteiger charge is -2.16. The third-order valence-corrected chi connectivity index (χ3v) is 2.29. The van der Waals surface area contributed by atoms with E-state index in [2.05, 4.69) is 5.32 Å². The van der Waals surface area contributed by atoms with Crippen LogP contribution in [-0.4, -0.2) is 11.9 Å². The molecule has 0 radical (unpaired) electrons. The summed E-state index contributed by atoms with van der Waals surface area (Å²) < 4.78 is 12.9. The lowest BCUT2D eigenvalue weighted by molar-refractivity contribution is -0.118. The summed E-state index contributed by atoms with van der Waals surface area (Å²) in [5, 5.41) is 2.50. The van der Waals surface area contributed by atoms with E-state index >= 15 is 0 Å². The van der Waals surface area contributed by atoms with Gasteiger partial charge in [-0.15, -0.1) is 0 Å². The molecule has 0 saturated heterocycles. The molecule has 0 aliphatic heterocycles. The molecule has 0 spiro atoms. The second-order valence-electron chi connectivity index (χ2n) is 3.99. The molecule has 0 saturated carbocycles. The van der Waals surface area contributed by atoms with Crippen molar-refractivity contribution in [3.8, 4) is 0 Å². The highest BCUT2D eigenvalue weighted by Gasteiger charge is 2.18. The van der Waals surface area contributed by atoms with E-state index in [9.17, 15) is 9.18 Å². The predicted molar refractivity (Wildman–Crippen MR) is 62.3 cm³/mol. The van der Waals surface area contributed by atoms with Gasteiger partial charge in [0.25, 0.3) is 0 Å². The largest absolute Gasteiger partial charge is 0.397 e. The number of benzene rings is 1. The summed E-state index contributed by atoms with van der Waals surface area (Å²) in [6.45, 7) is 3.67. The third kappa shape index (κ3) is 2.93. The number of carbonyl (C=O) groups excluding carboxylic acids is 1. The number of nitrogen functional groups attached to an aromatic ring is 1. The average molecular weight is 225 g/mol. The normalized spacial score (nSPS) is 12.6. The van der Waals surface area contributed by atoms with E-state index in [-0.39, 0.29) is 17.5 Å². The molecule has 0 bridgehead atoms. The second-order valence-corrected chi connectivity index (χ2v) is 3.99. The van der Waals surface area contributed by atoms with Crippen LogP contribution in [0.1, 0.15) is 13.8 Å². The number of rotatable bonds is 3. The predicted octanol–water partition coefficient (Wildman–Crippen LogP) is 1.33. The Morgan fingerprint density at radius 2 is 2.06 bits per heavy atom. The first kappa shape index (κ1) is 12.4. The van der Waals surface area contributed by atoms with Crippen LogP contribution in [0.15, 0.2) is 18.2 Å². The van der Waals surface area contributed by atoms with Crippen LogP contribution in [0, 0.1) is 11.7 Å². The average Bonchev–Trinajstić information content (AvgIpc) is 2.22. The van der Waals surface area contributed by atoms with E-state index in [1.54, 1.807) is 0 Å². The van der Waals surface area contributed by atoms with Gasteiger partial charge in [-0.25, -0.2) is 4.39 Å². The molecule has 88 valence electrons. The quantitative estimate of drug-likeness (QED) is 0.679. The van der Waals surface area contributed by atoms with Gasteiger partial charge in [0.15, 0.2) is 0 Å². The Morgan fingerprint density at radius 3 is 2.62 bits per heavy atom. The fourth-order valence-corrected chi connectivity index (χ4v) is 1.16. The number of hydrogen-bond acceptors (Lipinski definition) is 3. The smallest absolute Gasteiger partial charge is 0.241 e. The monoisotopic (exact) mass is 225 g/mol. The molecule has 16 heavy (non-hydrogen) atoms. The van der Waals surface area contributed by atoms with Gasteiger partial charge >= 0.3 is 0 Å². The first-order valence-electron chi connectivity index (χ1n) is 5.03. The molecule has 0 aromatic heterocycles. The van der Waals surface area contributed by atoms with Crippen LogP contribution in [0.4, 0.5) is 15.8 Å². The molecule has 1 atom stereocenters. The lowest BCUT2D eigenvalue weighted by atomic mass is 10.0. The molecule has 5 N–H and O–H groups in total. The standard InChI is InChI=1S/C11H16FN3O/c1-6(2)10(14)11(16)15-9-5-7(12)3-4-8(9)13/h3-6,10H,13-14H2,1-2H3,(H,15,16). The Kier molecular flexibility index (Phi) is 3.84. The fraction of sp³-hybridized carbons (Fsp3) is 0.364. The Balaban J connectivity index is 2.80. The number of hydrogen-bond donors (Lipinski definition) is 3. The van der Waals surface area contributed by atoms with E-state index in [1.807, 2.05) is 13.8 Å². The topological polar surface area (TPSA) is 81.1 Å². The summed E-state index contributed by atoms with van der Waals surface area (Å²) in [4.78, 5) is 11.6. The van der Waals surface area contributed by atoms with Gasteiger partial charge in [-0.3, -0.25) is 4.79 Å². The van der Waals surface area contributed by atoms with Gasteiger partial charge in [-0.2, -0.15) is 0 Å². The van der Waals surface area contributed by atoms with Gasteiger partial charge in [-0.1, -0.05) is 13.8 Å². The van der Waals surface area contributed by atoms with Crippen LogP contribution in [0.3, 0.4) is 0 Å². The third-order valence-electron chi connectivity index (χ3n) is 2.29. The van der Waals surface area contributed by atoms with Crippen molar-refractivity contribution in [2.24, 2.45) is 11.7 Å². The number of nitrogens with one attached hydrogen (secondary N) is 1. The van der Waals surface area contributed by atoms with Gasteiger partial charge in [-0.05, 0) is 24.1 Å². The maximum absolute atomic E-state index is 12.9. The molecule has 5 heteroatoms. The van der Waals surface area contributed by atoms with Crippen molar-refractivity contribution < 1.29 is 9.18 Å². The van der Waals surface area contributed by atoms with Crippen LogP contribution < -0.4 is 16.8 Å². The maximum Gasteiger partial charge on any atom is 0.241 e. The van der Waals surface area contributed by atoms with E-state index < -0.39 is 11.9 Å². The number of amides is 1. The highest BCUT2D eigenvalue weighted by Crippen LogP contribution is 2.19. The van der Waals surface area contributed by atoms with Crippen molar-refractivity contribution in [1.29, 1.82) is 0 Å². The summed E-state index contributed by atoms with van der Waals surface area (Å²) in [6.07, 6.45) is 0. The summed E-state index contributed by atoms with van der Waals surface area (Å²) in [5.41, 5.74) is 11.8. The molecular formula is C11H16FN3O. The summed E-state index contributed by atoms with van der Waals surface area (Å²) in [7, 11) is 0. The maximum atomic E-state index is 12.9. The zero-order valence-electron chi connectivity index (χ0n) is 9.33. The molecule has 0 aliphatic carbocycles. The van der Waals surface area contributed by atoms with Crippen molar-refractivity contribution in [1.82, 2.24) is 0 Å². The molecular weight excluding hydrogens is 209 g/mol. The van der Waals surface area contributed by atoms with Crippen LogP contribution in [0.5, 0.6) is 0 Å². The molecule has 1 amide bonds. The molecule has 1 unspecified atom stereocenters.